The van der Waals surface area contributed by atoms with Crippen LogP contribution in [-0.4, -0.2) is 18.9 Å². The van der Waals surface area contributed by atoms with E-state index in [4.69, 9.17) is 16.3 Å². The Hall–Kier alpha value is -3.57. The fourth-order valence-electron chi connectivity index (χ4n) is 3.67. The van der Waals surface area contributed by atoms with E-state index in [1.165, 1.54) is 4.90 Å². The van der Waals surface area contributed by atoms with Crippen LogP contribution >= 0.6 is 11.6 Å². The van der Waals surface area contributed by atoms with Gasteiger partial charge >= 0.3 is 0 Å². The van der Waals surface area contributed by atoms with Gasteiger partial charge in [0.1, 0.15) is 11.4 Å². The molecule has 2 amide bonds. The molecule has 3 aromatic carbocycles. The number of halogens is 1. The van der Waals surface area contributed by atoms with Gasteiger partial charge in [0.2, 0.25) is 0 Å². The Balaban J connectivity index is 1.83. The Kier molecular flexibility index (Phi) is 5.76. The van der Waals surface area contributed by atoms with Crippen molar-refractivity contribution in [1.29, 1.82) is 0 Å². The average molecular weight is 447 g/mol. The second-order valence-electron chi connectivity index (χ2n) is 7.78. The number of benzene rings is 3. The number of ether oxygens (including phenoxy) is 1. The number of carbonyl (C=O) groups excluding carboxylic acids is 2. The maximum atomic E-state index is 13.6. The number of carbonyl (C=O) groups is 2. The molecule has 6 heteroatoms. The van der Waals surface area contributed by atoms with Gasteiger partial charge in [-0.1, -0.05) is 29.8 Å². The molecule has 1 N–H and O–H groups in total. The average Bonchev–Trinajstić information content (AvgIpc) is 3.01. The Morgan fingerprint density at radius 1 is 0.812 bits per heavy atom. The first-order valence-corrected chi connectivity index (χ1v) is 10.6. The number of imide groups is 1. The number of hydrogen-bond donors (Lipinski definition) is 1. The summed E-state index contributed by atoms with van der Waals surface area (Å²) in [5.74, 6) is -0.115. The van der Waals surface area contributed by atoms with Crippen molar-refractivity contribution in [2.45, 2.75) is 20.8 Å². The van der Waals surface area contributed by atoms with E-state index in [9.17, 15) is 9.59 Å². The zero-order chi connectivity index (χ0) is 23.0. The van der Waals surface area contributed by atoms with Crippen molar-refractivity contribution >= 4 is 40.4 Å². The first-order chi connectivity index (χ1) is 15.3. The molecule has 0 unspecified atom stereocenters. The quantitative estimate of drug-likeness (QED) is 0.513. The molecule has 0 aliphatic carbocycles. The standard InChI is InChI=1S/C26H23ClN2O3/c1-15-5-9-20(14-16(15)2)29-25(30)23(18-6-10-21(32-4)11-7-18)24(26(29)31)28-22-12-8-19(27)13-17(22)3/h5-14,28H,1-4H3. The molecule has 3 aromatic rings. The predicted octanol–water partition coefficient (Wildman–Crippen LogP) is 5.67. The molecule has 0 saturated carbocycles. The van der Waals surface area contributed by atoms with Crippen LogP contribution < -0.4 is 15.0 Å². The van der Waals surface area contributed by atoms with Crippen LogP contribution in [0.1, 0.15) is 22.3 Å². The number of amides is 2. The number of anilines is 2. The Morgan fingerprint density at radius 3 is 2.16 bits per heavy atom. The fraction of sp³-hybridized carbons (Fsp3) is 0.154. The molecule has 162 valence electrons. The van der Waals surface area contributed by atoms with Gasteiger partial charge in [-0.15, -0.1) is 0 Å². The zero-order valence-corrected chi connectivity index (χ0v) is 19.1. The van der Waals surface area contributed by atoms with Crippen LogP contribution in [0.15, 0.2) is 66.4 Å². The summed E-state index contributed by atoms with van der Waals surface area (Å²) in [5, 5.41) is 3.80. The first kappa shape index (κ1) is 21.7. The number of aryl methyl sites for hydroxylation is 3. The highest BCUT2D eigenvalue weighted by atomic mass is 35.5. The highest BCUT2D eigenvalue weighted by Crippen LogP contribution is 2.35. The third-order valence-electron chi connectivity index (χ3n) is 5.66. The van der Waals surface area contributed by atoms with Gasteiger partial charge in [0.05, 0.1) is 18.4 Å². The van der Waals surface area contributed by atoms with Crippen LogP contribution in [0.5, 0.6) is 5.75 Å². The van der Waals surface area contributed by atoms with Crippen LogP contribution in [0.3, 0.4) is 0 Å². The predicted molar refractivity (Wildman–Crippen MR) is 128 cm³/mol. The van der Waals surface area contributed by atoms with Gasteiger partial charge in [-0.25, -0.2) is 4.90 Å². The minimum absolute atomic E-state index is 0.226. The second-order valence-corrected chi connectivity index (χ2v) is 8.21. The van der Waals surface area contributed by atoms with Crippen molar-refractivity contribution in [3.8, 4) is 5.75 Å². The van der Waals surface area contributed by atoms with Gasteiger partial charge in [0.25, 0.3) is 11.8 Å². The fourth-order valence-corrected chi connectivity index (χ4v) is 3.90. The van der Waals surface area contributed by atoms with Crippen molar-refractivity contribution < 1.29 is 14.3 Å². The van der Waals surface area contributed by atoms with E-state index in [1.807, 2.05) is 32.9 Å². The van der Waals surface area contributed by atoms with Crippen molar-refractivity contribution in [3.05, 3.63) is 93.6 Å². The molecule has 0 fully saturated rings. The van der Waals surface area contributed by atoms with Crippen LogP contribution in [0.25, 0.3) is 5.57 Å². The van der Waals surface area contributed by atoms with E-state index in [-0.39, 0.29) is 11.6 Å². The molecule has 0 bridgehead atoms. The molecule has 1 aliphatic rings. The van der Waals surface area contributed by atoms with E-state index < -0.39 is 5.91 Å². The van der Waals surface area contributed by atoms with E-state index >= 15 is 0 Å². The normalized spacial score (nSPS) is 13.7. The van der Waals surface area contributed by atoms with E-state index in [0.29, 0.717) is 33.3 Å². The molecule has 1 heterocycles. The van der Waals surface area contributed by atoms with Gasteiger partial charge < -0.3 is 10.1 Å². The van der Waals surface area contributed by atoms with E-state index in [1.54, 1.807) is 55.6 Å². The summed E-state index contributed by atoms with van der Waals surface area (Å²) in [5.41, 5.74) is 5.37. The number of methoxy groups -OCH3 is 1. The van der Waals surface area contributed by atoms with Gasteiger partial charge in [-0.3, -0.25) is 9.59 Å². The van der Waals surface area contributed by atoms with Gasteiger partial charge in [0.15, 0.2) is 0 Å². The van der Waals surface area contributed by atoms with Crippen molar-refractivity contribution in [2.24, 2.45) is 0 Å². The summed E-state index contributed by atoms with van der Waals surface area (Å²) in [4.78, 5) is 28.3. The number of rotatable bonds is 5. The Labute approximate surface area is 192 Å². The van der Waals surface area contributed by atoms with Gasteiger partial charge in [0, 0.05) is 10.7 Å². The largest absolute Gasteiger partial charge is 0.497 e. The maximum Gasteiger partial charge on any atom is 0.282 e. The van der Waals surface area contributed by atoms with E-state index in [2.05, 4.69) is 5.32 Å². The third-order valence-corrected chi connectivity index (χ3v) is 5.89. The lowest BCUT2D eigenvalue weighted by molar-refractivity contribution is -0.120. The summed E-state index contributed by atoms with van der Waals surface area (Å²) in [6, 6.07) is 18.0. The zero-order valence-electron chi connectivity index (χ0n) is 18.3. The molecule has 5 nitrogen and oxygen atoms in total. The highest BCUT2D eigenvalue weighted by molar-refractivity contribution is 6.46. The minimum atomic E-state index is -0.404. The lowest BCUT2D eigenvalue weighted by atomic mass is 10.0. The van der Waals surface area contributed by atoms with Crippen molar-refractivity contribution in [1.82, 2.24) is 0 Å². The van der Waals surface area contributed by atoms with Crippen LogP contribution in [0.4, 0.5) is 11.4 Å². The molecule has 0 aromatic heterocycles. The third kappa shape index (κ3) is 3.87. The van der Waals surface area contributed by atoms with Crippen LogP contribution in [-0.2, 0) is 9.59 Å². The highest BCUT2D eigenvalue weighted by Gasteiger charge is 2.40. The molecular formula is C26H23ClN2O3. The topological polar surface area (TPSA) is 58.6 Å². The summed E-state index contributed by atoms with van der Waals surface area (Å²) in [6.45, 7) is 5.84. The number of nitrogens with one attached hydrogen (secondary N) is 1. The van der Waals surface area contributed by atoms with E-state index in [0.717, 1.165) is 16.7 Å². The molecular weight excluding hydrogens is 424 g/mol. The number of hydrogen-bond acceptors (Lipinski definition) is 4. The molecule has 1 aliphatic heterocycles. The lowest BCUT2D eigenvalue weighted by Crippen LogP contribution is -2.32. The summed E-state index contributed by atoms with van der Waals surface area (Å²) < 4.78 is 5.24. The van der Waals surface area contributed by atoms with Crippen LogP contribution in [0, 0.1) is 20.8 Å². The van der Waals surface area contributed by atoms with Gasteiger partial charge in [-0.05, 0) is 85.5 Å². The molecule has 0 radical (unpaired) electrons. The molecule has 0 saturated heterocycles. The lowest BCUT2D eigenvalue weighted by Gasteiger charge is -2.17. The Bertz CT molecular complexity index is 1260. The Morgan fingerprint density at radius 2 is 1.53 bits per heavy atom. The van der Waals surface area contributed by atoms with Crippen molar-refractivity contribution in [3.63, 3.8) is 0 Å². The summed E-state index contributed by atoms with van der Waals surface area (Å²) in [7, 11) is 1.58. The van der Waals surface area contributed by atoms with Crippen molar-refractivity contribution in [2.75, 3.05) is 17.3 Å². The monoisotopic (exact) mass is 446 g/mol. The second kappa shape index (κ2) is 8.52. The van der Waals surface area contributed by atoms with Gasteiger partial charge in [-0.2, -0.15) is 0 Å². The summed E-state index contributed by atoms with van der Waals surface area (Å²) >= 11 is 6.09. The minimum Gasteiger partial charge on any atom is -0.497 e. The maximum absolute atomic E-state index is 13.6. The molecule has 0 spiro atoms. The molecule has 32 heavy (non-hydrogen) atoms. The summed E-state index contributed by atoms with van der Waals surface area (Å²) in [6.07, 6.45) is 0. The molecule has 4 rings (SSSR count). The smallest absolute Gasteiger partial charge is 0.282 e. The molecule has 0 atom stereocenters. The first-order valence-electron chi connectivity index (χ1n) is 10.2. The SMILES string of the molecule is COc1ccc(C2=C(Nc3ccc(Cl)cc3C)C(=O)N(c3ccc(C)c(C)c3)C2=O)cc1. The van der Waals surface area contributed by atoms with Crippen LogP contribution in [0.2, 0.25) is 5.02 Å². The number of nitrogens with zero attached hydrogens (tertiary/aromatic N) is 1.